The van der Waals surface area contributed by atoms with E-state index < -0.39 is 0 Å². The maximum atomic E-state index is 5.82. The van der Waals surface area contributed by atoms with Gasteiger partial charge in [0, 0.05) is 37.3 Å². The second-order valence-electron chi connectivity index (χ2n) is 6.47. The number of ether oxygens (including phenoxy) is 1. The number of nitrogens with zero attached hydrogens (tertiary/aromatic N) is 1. The predicted molar refractivity (Wildman–Crippen MR) is 69.1 cm³/mol. The van der Waals surface area contributed by atoms with Gasteiger partial charge in [0.2, 0.25) is 0 Å². The smallest absolute Gasteiger partial charge is 0.0728 e. The van der Waals surface area contributed by atoms with E-state index in [1.807, 2.05) is 0 Å². The van der Waals surface area contributed by atoms with Gasteiger partial charge in [-0.05, 0) is 46.0 Å². The second-order valence-corrected chi connectivity index (χ2v) is 6.47. The van der Waals surface area contributed by atoms with Crippen molar-refractivity contribution >= 4 is 0 Å². The lowest BCUT2D eigenvalue weighted by Crippen LogP contribution is -2.65. The van der Waals surface area contributed by atoms with Gasteiger partial charge in [0.25, 0.3) is 0 Å². The van der Waals surface area contributed by atoms with Crippen molar-refractivity contribution in [1.82, 2.24) is 10.2 Å². The van der Waals surface area contributed by atoms with Gasteiger partial charge in [-0.3, -0.25) is 4.90 Å². The fourth-order valence-corrected chi connectivity index (χ4v) is 3.62. The Kier molecular flexibility index (Phi) is 2.96. The fourth-order valence-electron chi connectivity index (χ4n) is 3.62. The molecule has 98 valence electrons. The first-order chi connectivity index (χ1) is 8.11. The normalized spacial score (nSPS) is 48.5. The molecule has 3 rings (SSSR count). The summed E-state index contributed by atoms with van der Waals surface area (Å²) in [7, 11) is 0. The lowest BCUT2D eigenvalue weighted by atomic mass is 9.88. The van der Waals surface area contributed by atoms with Crippen molar-refractivity contribution in [3.8, 4) is 0 Å². The van der Waals surface area contributed by atoms with Crippen LogP contribution in [-0.2, 0) is 4.74 Å². The highest BCUT2D eigenvalue weighted by Crippen LogP contribution is 2.39. The lowest BCUT2D eigenvalue weighted by Gasteiger charge is -2.49. The molecule has 0 radical (unpaired) electrons. The first kappa shape index (κ1) is 11.9. The maximum absolute atomic E-state index is 5.82. The lowest BCUT2D eigenvalue weighted by molar-refractivity contribution is -0.0219. The molecule has 17 heavy (non-hydrogen) atoms. The molecule has 2 heterocycles. The molecule has 2 aliphatic heterocycles. The first-order valence-corrected chi connectivity index (χ1v) is 7.23. The molecule has 0 amide bonds. The summed E-state index contributed by atoms with van der Waals surface area (Å²) in [6.45, 7) is 10.3. The summed E-state index contributed by atoms with van der Waals surface area (Å²) < 4.78 is 5.82. The van der Waals surface area contributed by atoms with Gasteiger partial charge in [-0.1, -0.05) is 0 Å². The van der Waals surface area contributed by atoms with Crippen LogP contribution in [0.25, 0.3) is 0 Å². The third-order valence-corrected chi connectivity index (χ3v) is 5.30. The third kappa shape index (κ3) is 2.02. The summed E-state index contributed by atoms with van der Waals surface area (Å²) in [5, 5.41) is 3.73. The zero-order valence-electron chi connectivity index (χ0n) is 11.4. The predicted octanol–water partition coefficient (Wildman–Crippen LogP) is 1.63. The van der Waals surface area contributed by atoms with E-state index >= 15 is 0 Å². The number of piperazine rings is 1. The van der Waals surface area contributed by atoms with Crippen LogP contribution in [0.1, 0.15) is 40.0 Å². The molecule has 0 aromatic heterocycles. The van der Waals surface area contributed by atoms with Crippen LogP contribution in [0.4, 0.5) is 0 Å². The molecule has 0 bridgehead atoms. The molecule has 1 N–H and O–H groups in total. The van der Waals surface area contributed by atoms with Crippen LogP contribution in [0.15, 0.2) is 0 Å². The molecule has 0 aromatic rings. The number of hydrogen-bond acceptors (Lipinski definition) is 3. The van der Waals surface area contributed by atoms with E-state index in [-0.39, 0.29) is 5.54 Å². The SMILES string of the molecule is CC1CNC(C2CC2)CN1C1(C)CCOC1C. The van der Waals surface area contributed by atoms with Crippen LogP contribution in [0.5, 0.6) is 0 Å². The highest BCUT2D eigenvalue weighted by Gasteiger charge is 2.47. The van der Waals surface area contributed by atoms with Gasteiger partial charge in [0.05, 0.1) is 6.10 Å². The quantitative estimate of drug-likeness (QED) is 0.791. The summed E-state index contributed by atoms with van der Waals surface area (Å²) in [4.78, 5) is 2.73. The number of nitrogens with one attached hydrogen (secondary N) is 1. The van der Waals surface area contributed by atoms with Gasteiger partial charge in [-0.15, -0.1) is 0 Å². The average Bonchev–Trinajstić information content (AvgIpc) is 3.08. The standard InChI is InChI=1S/C14H26N2O/c1-10-8-15-13(12-4-5-12)9-16(10)14(3)6-7-17-11(14)2/h10-13,15H,4-9H2,1-3H3. The molecule has 4 atom stereocenters. The van der Waals surface area contributed by atoms with E-state index in [1.165, 1.54) is 25.8 Å². The molecule has 2 saturated heterocycles. The van der Waals surface area contributed by atoms with Crippen molar-refractivity contribution in [2.24, 2.45) is 5.92 Å². The number of hydrogen-bond donors (Lipinski definition) is 1. The Hall–Kier alpha value is -0.120. The summed E-state index contributed by atoms with van der Waals surface area (Å²) in [6, 6.07) is 1.37. The van der Waals surface area contributed by atoms with Crippen molar-refractivity contribution in [2.75, 3.05) is 19.7 Å². The van der Waals surface area contributed by atoms with Crippen molar-refractivity contribution in [1.29, 1.82) is 0 Å². The third-order valence-electron chi connectivity index (χ3n) is 5.30. The molecular weight excluding hydrogens is 212 g/mol. The van der Waals surface area contributed by atoms with Crippen molar-refractivity contribution in [3.63, 3.8) is 0 Å². The largest absolute Gasteiger partial charge is 0.377 e. The van der Waals surface area contributed by atoms with Gasteiger partial charge >= 0.3 is 0 Å². The van der Waals surface area contributed by atoms with Crippen LogP contribution < -0.4 is 5.32 Å². The van der Waals surface area contributed by atoms with E-state index in [4.69, 9.17) is 4.74 Å². The molecule has 0 aromatic carbocycles. The Labute approximate surface area is 105 Å². The van der Waals surface area contributed by atoms with Crippen molar-refractivity contribution in [3.05, 3.63) is 0 Å². The molecule has 3 nitrogen and oxygen atoms in total. The van der Waals surface area contributed by atoms with Gasteiger partial charge in [0.1, 0.15) is 0 Å². The van der Waals surface area contributed by atoms with E-state index in [2.05, 4.69) is 31.0 Å². The Morgan fingerprint density at radius 2 is 2.06 bits per heavy atom. The Morgan fingerprint density at radius 3 is 2.65 bits per heavy atom. The minimum absolute atomic E-state index is 0.259. The van der Waals surface area contributed by atoms with Crippen LogP contribution in [0, 0.1) is 5.92 Å². The monoisotopic (exact) mass is 238 g/mol. The maximum Gasteiger partial charge on any atom is 0.0728 e. The topological polar surface area (TPSA) is 24.5 Å². The van der Waals surface area contributed by atoms with Gasteiger partial charge in [0.15, 0.2) is 0 Å². The Balaban J connectivity index is 1.74. The minimum Gasteiger partial charge on any atom is -0.377 e. The second kappa shape index (κ2) is 4.22. The van der Waals surface area contributed by atoms with E-state index in [9.17, 15) is 0 Å². The van der Waals surface area contributed by atoms with Crippen LogP contribution in [-0.4, -0.2) is 48.3 Å². The van der Waals surface area contributed by atoms with Crippen LogP contribution in [0.2, 0.25) is 0 Å². The summed E-state index contributed by atoms with van der Waals surface area (Å²) in [6.07, 6.45) is 4.43. The zero-order chi connectivity index (χ0) is 12.0. The van der Waals surface area contributed by atoms with E-state index in [0.717, 1.165) is 25.1 Å². The highest BCUT2D eigenvalue weighted by atomic mass is 16.5. The Morgan fingerprint density at radius 1 is 1.29 bits per heavy atom. The number of rotatable bonds is 2. The van der Waals surface area contributed by atoms with Crippen LogP contribution >= 0.6 is 0 Å². The molecule has 1 aliphatic carbocycles. The molecule has 3 fully saturated rings. The molecule has 1 saturated carbocycles. The average molecular weight is 238 g/mol. The first-order valence-electron chi connectivity index (χ1n) is 7.23. The zero-order valence-corrected chi connectivity index (χ0v) is 11.4. The van der Waals surface area contributed by atoms with E-state index in [0.29, 0.717) is 12.1 Å². The highest BCUT2D eigenvalue weighted by molar-refractivity contribution is 5.03. The molecule has 3 heteroatoms. The van der Waals surface area contributed by atoms with Gasteiger partial charge in [-0.25, -0.2) is 0 Å². The summed E-state index contributed by atoms with van der Waals surface area (Å²) in [5.41, 5.74) is 0.259. The minimum atomic E-state index is 0.259. The van der Waals surface area contributed by atoms with E-state index in [1.54, 1.807) is 0 Å². The molecule has 4 unspecified atom stereocenters. The van der Waals surface area contributed by atoms with Gasteiger partial charge in [-0.2, -0.15) is 0 Å². The van der Waals surface area contributed by atoms with Crippen molar-refractivity contribution < 1.29 is 4.74 Å². The summed E-state index contributed by atoms with van der Waals surface area (Å²) in [5.74, 6) is 0.950. The van der Waals surface area contributed by atoms with Gasteiger partial charge < -0.3 is 10.1 Å². The van der Waals surface area contributed by atoms with Crippen molar-refractivity contribution in [2.45, 2.75) is 63.8 Å². The molecular formula is C14H26N2O. The van der Waals surface area contributed by atoms with Crippen LogP contribution in [0.3, 0.4) is 0 Å². The molecule has 3 aliphatic rings. The summed E-state index contributed by atoms with van der Waals surface area (Å²) >= 11 is 0. The Bertz CT molecular complexity index is 292. The molecule has 0 spiro atoms. The fraction of sp³-hybridized carbons (Fsp3) is 1.00.